The molecule has 1 aromatic carbocycles. The molecular weight excluding hydrogens is 297 g/mol. The summed E-state index contributed by atoms with van der Waals surface area (Å²) in [6.07, 6.45) is 3.36. The molecule has 7 heteroatoms. The van der Waals surface area contributed by atoms with Crippen molar-refractivity contribution in [1.82, 2.24) is 20.2 Å². The number of hydrogen-bond acceptors (Lipinski definition) is 4. The Hall–Kier alpha value is -2.70. The highest BCUT2D eigenvalue weighted by atomic mass is 19.1. The highest BCUT2D eigenvalue weighted by Gasteiger charge is 2.22. The van der Waals surface area contributed by atoms with Gasteiger partial charge in [0.15, 0.2) is 5.65 Å². The van der Waals surface area contributed by atoms with E-state index in [-0.39, 0.29) is 11.4 Å². The normalized spacial score (nSPS) is 16.1. The van der Waals surface area contributed by atoms with E-state index in [1.54, 1.807) is 0 Å². The van der Waals surface area contributed by atoms with Crippen LogP contribution in [0.25, 0.3) is 11.0 Å². The summed E-state index contributed by atoms with van der Waals surface area (Å²) in [6.45, 7) is 1.59. The Morgan fingerprint density at radius 3 is 2.65 bits per heavy atom. The van der Waals surface area contributed by atoms with E-state index in [2.05, 4.69) is 25.1 Å². The third-order valence-electron chi connectivity index (χ3n) is 4.44. The van der Waals surface area contributed by atoms with Crippen LogP contribution in [0, 0.1) is 5.82 Å². The lowest BCUT2D eigenvalue weighted by molar-refractivity contribution is 0.498. The number of benzene rings is 1. The summed E-state index contributed by atoms with van der Waals surface area (Å²) in [6, 6.07) is 6.72. The standard InChI is InChI=1S/C16H16FN5O/c17-12-3-1-10(2-4-12)11-5-7-22(8-6-11)16-19-14-13(9-18-21-14)15(23)20-16/h1-4,9,11H,5-8H2,(H2,18,19,20,21,23). The van der Waals surface area contributed by atoms with Gasteiger partial charge in [0.25, 0.3) is 5.56 Å². The second-order valence-electron chi connectivity index (χ2n) is 5.83. The van der Waals surface area contributed by atoms with Gasteiger partial charge in [0.05, 0.1) is 6.20 Å². The number of H-pyrrole nitrogens is 2. The van der Waals surface area contributed by atoms with Crippen LogP contribution in [0.15, 0.2) is 35.3 Å². The van der Waals surface area contributed by atoms with Crippen molar-refractivity contribution < 1.29 is 4.39 Å². The second kappa shape index (κ2) is 5.49. The molecule has 0 atom stereocenters. The van der Waals surface area contributed by atoms with Crippen LogP contribution in [0.2, 0.25) is 0 Å². The van der Waals surface area contributed by atoms with Gasteiger partial charge in [-0.05, 0) is 36.5 Å². The topological polar surface area (TPSA) is 77.7 Å². The number of anilines is 1. The number of nitrogens with one attached hydrogen (secondary N) is 2. The molecule has 0 amide bonds. The van der Waals surface area contributed by atoms with Crippen molar-refractivity contribution >= 4 is 17.0 Å². The van der Waals surface area contributed by atoms with Crippen LogP contribution in [0.3, 0.4) is 0 Å². The average molecular weight is 313 g/mol. The summed E-state index contributed by atoms with van der Waals surface area (Å²) in [5.74, 6) is 0.777. The molecule has 4 rings (SSSR count). The highest BCUT2D eigenvalue weighted by molar-refractivity contribution is 5.73. The number of nitrogens with zero attached hydrogens (tertiary/aromatic N) is 3. The monoisotopic (exact) mass is 313 g/mol. The number of fused-ring (bicyclic) bond motifs is 1. The van der Waals surface area contributed by atoms with E-state index in [0.717, 1.165) is 31.5 Å². The fourth-order valence-electron chi connectivity index (χ4n) is 3.14. The summed E-state index contributed by atoms with van der Waals surface area (Å²) in [7, 11) is 0. The molecular formula is C16H16FN5O. The van der Waals surface area contributed by atoms with Crippen molar-refractivity contribution in [3.05, 3.63) is 52.2 Å². The molecule has 3 aromatic rings. The van der Waals surface area contributed by atoms with Crippen LogP contribution in [-0.4, -0.2) is 33.3 Å². The zero-order valence-corrected chi connectivity index (χ0v) is 12.4. The molecule has 118 valence electrons. The van der Waals surface area contributed by atoms with E-state index in [1.165, 1.54) is 18.3 Å². The lowest BCUT2D eigenvalue weighted by Gasteiger charge is -2.32. The van der Waals surface area contributed by atoms with E-state index in [1.807, 2.05) is 12.1 Å². The molecule has 0 unspecified atom stereocenters. The highest BCUT2D eigenvalue weighted by Crippen LogP contribution is 2.29. The van der Waals surface area contributed by atoms with E-state index in [0.29, 0.717) is 22.9 Å². The van der Waals surface area contributed by atoms with Gasteiger partial charge in [-0.1, -0.05) is 12.1 Å². The zero-order chi connectivity index (χ0) is 15.8. The minimum atomic E-state index is -0.208. The SMILES string of the molecule is O=c1[nH]c(N2CCC(c3ccc(F)cc3)CC2)nc2[nH]ncc12. The molecule has 0 aliphatic carbocycles. The largest absolute Gasteiger partial charge is 0.342 e. The molecule has 1 aliphatic rings. The lowest BCUT2D eigenvalue weighted by atomic mass is 9.89. The van der Waals surface area contributed by atoms with Crippen molar-refractivity contribution in [3.8, 4) is 0 Å². The number of rotatable bonds is 2. The third kappa shape index (κ3) is 2.58. The maximum atomic E-state index is 13.0. The van der Waals surface area contributed by atoms with Crippen LogP contribution in [0.1, 0.15) is 24.3 Å². The van der Waals surface area contributed by atoms with Gasteiger partial charge < -0.3 is 4.90 Å². The number of aromatic amines is 2. The minimum absolute atomic E-state index is 0.181. The molecule has 0 bridgehead atoms. The first-order valence-electron chi connectivity index (χ1n) is 7.64. The van der Waals surface area contributed by atoms with Crippen LogP contribution < -0.4 is 10.5 Å². The molecule has 2 aromatic heterocycles. The molecule has 2 N–H and O–H groups in total. The maximum absolute atomic E-state index is 13.0. The molecule has 6 nitrogen and oxygen atoms in total. The fraction of sp³-hybridized carbons (Fsp3) is 0.312. The Labute approximate surface area is 131 Å². The van der Waals surface area contributed by atoms with Gasteiger partial charge in [0.2, 0.25) is 5.95 Å². The van der Waals surface area contributed by atoms with Gasteiger partial charge in [0, 0.05) is 13.1 Å². The summed E-state index contributed by atoms with van der Waals surface area (Å²) < 4.78 is 13.0. The van der Waals surface area contributed by atoms with Gasteiger partial charge in [-0.3, -0.25) is 14.9 Å². The predicted molar refractivity (Wildman–Crippen MR) is 85.1 cm³/mol. The predicted octanol–water partition coefficient (Wildman–Crippen LogP) is 2.17. The smallest absolute Gasteiger partial charge is 0.263 e. The number of halogens is 1. The van der Waals surface area contributed by atoms with Crippen LogP contribution in [-0.2, 0) is 0 Å². The summed E-state index contributed by atoms with van der Waals surface area (Å²) in [5.41, 5.74) is 1.49. The van der Waals surface area contributed by atoms with E-state index in [4.69, 9.17) is 0 Å². The molecule has 3 heterocycles. The summed E-state index contributed by atoms with van der Waals surface area (Å²) >= 11 is 0. The third-order valence-corrected chi connectivity index (χ3v) is 4.44. The van der Waals surface area contributed by atoms with E-state index in [9.17, 15) is 9.18 Å². The van der Waals surface area contributed by atoms with Crippen LogP contribution >= 0.6 is 0 Å². The molecule has 0 spiro atoms. The first kappa shape index (κ1) is 13.9. The molecule has 0 radical (unpaired) electrons. The van der Waals surface area contributed by atoms with Crippen molar-refractivity contribution in [3.63, 3.8) is 0 Å². The Balaban J connectivity index is 1.52. The van der Waals surface area contributed by atoms with Gasteiger partial charge in [0.1, 0.15) is 11.2 Å². The fourth-order valence-corrected chi connectivity index (χ4v) is 3.14. The van der Waals surface area contributed by atoms with E-state index >= 15 is 0 Å². The van der Waals surface area contributed by atoms with Crippen LogP contribution in [0.5, 0.6) is 0 Å². The van der Waals surface area contributed by atoms with Gasteiger partial charge in [-0.2, -0.15) is 10.1 Å². The van der Waals surface area contributed by atoms with Gasteiger partial charge in [-0.15, -0.1) is 0 Å². The summed E-state index contributed by atoms with van der Waals surface area (Å²) in [4.78, 5) is 21.3. The Kier molecular flexibility index (Phi) is 3.33. The van der Waals surface area contributed by atoms with Crippen LogP contribution in [0.4, 0.5) is 10.3 Å². The molecule has 1 saturated heterocycles. The maximum Gasteiger partial charge on any atom is 0.263 e. The zero-order valence-electron chi connectivity index (χ0n) is 12.4. The number of piperidine rings is 1. The number of aromatic nitrogens is 4. The quantitative estimate of drug-likeness (QED) is 0.760. The first-order valence-corrected chi connectivity index (χ1v) is 7.64. The molecule has 23 heavy (non-hydrogen) atoms. The average Bonchev–Trinajstić information content (AvgIpc) is 3.05. The van der Waals surface area contributed by atoms with Crippen molar-refractivity contribution in [1.29, 1.82) is 0 Å². The number of hydrogen-bond donors (Lipinski definition) is 2. The van der Waals surface area contributed by atoms with Crippen molar-refractivity contribution in [2.24, 2.45) is 0 Å². The molecule has 1 fully saturated rings. The van der Waals surface area contributed by atoms with Gasteiger partial charge >= 0.3 is 0 Å². The van der Waals surface area contributed by atoms with E-state index < -0.39 is 0 Å². The first-order chi connectivity index (χ1) is 11.2. The Morgan fingerprint density at radius 1 is 1.17 bits per heavy atom. The van der Waals surface area contributed by atoms with Gasteiger partial charge in [-0.25, -0.2) is 4.39 Å². The van der Waals surface area contributed by atoms with Crippen molar-refractivity contribution in [2.45, 2.75) is 18.8 Å². The Morgan fingerprint density at radius 2 is 1.91 bits per heavy atom. The lowest BCUT2D eigenvalue weighted by Crippen LogP contribution is -2.35. The van der Waals surface area contributed by atoms with Crippen molar-refractivity contribution in [2.75, 3.05) is 18.0 Å². The Bertz CT molecular complexity index is 877. The molecule has 0 saturated carbocycles. The second-order valence-corrected chi connectivity index (χ2v) is 5.83. The minimum Gasteiger partial charge on any atom is -0.342 e. The molecule has 1 aliphatic heterocycles. The summed E-state index contributed by atoms with van der Waals surface area (Å²) in [5, 5.41) is 7.05.